The number of hydrogen-bond donors (Lipinski definition) is 0. The lowest BCUT2D eigenvalue weighted by Crippen LogP contribution is -2.31. The van der Waals surface area contributed by atoms with E-state index in [-0.39, 0.29) is 12.8 Å². The summed E-state index contributed by atoms with van der Waals surface area (Å²) in [6.45, 7) is 0. The third-order valence-corrected chi connectivity index (χ3v) is 1.90. The van der Waals surface area contributed by atoms with Crippen LogP contribution in [0.4, 0.5) is 0 Å². The SMILES string of the molecule is N#CC1(C#N)CCC(C#N)(C#N)O1. The lowest BCUT2D eigenvalue weighted by atomic mass is 9.99. The highest BCUT2D eigenvalue weighted by Crippen LogP contribution is 2.36. The Labute approximate surface area is 75.0 Å². The Morgan fingerprint density at radius 3 is 1.23 bits per heavy atom. The van der Waals surface area contributed by atoms with E-state index in [0.29, 0.717) is 0 Å². The monoisotopic (exact) mass is 172 g/mol. The van der Waals surface area contributed by atoms with Crippen LogP contribution in [0.2, 0.25) is 0 Å². The van der Waals surface area contributed by atoms with Crippen LogP contribution in [-0.4, -0.2) is 11.2 Å². The predicted octanol–water partition coefficient (Wildman–Crippen LogP) is 0.369. The van der Waals surface area contributed by atoms with Crippen LogP contribution in [0.25, 0.3) is 0 Å². The lowest BCUT2D eigenvalue weighted by molar-refractivity contribution is 0.0215. The summed E-state index contributed by atoms with van der Waals surface area (Å²) in [6, 6.07) is 6.66. The summed E-state index contributed by atoms with van der Waals surface area (Å²) in [4.78, 5) is 0. The Hall–Kier alpha value is -2.08. The van der Waals surface area contributed by atoms with Gasteiger partial charge < -0.3 is 4.74 Å². The molecule has 1 aliphatic heterocycles. The van der Waals surface area contributed by atoms with Crippen molar-refractivity contribution in [3.05, 3.63) is 0 Å². The molecule has 0 saturated carbocycles. The summed E-state index contributed by atoms with van der Waals surface area (Å²) in [5.41, 5.74) is -3.24. The van der Waals surface area contributed by atoms with E-state index in [1.165, 1.54) is 0 Å². The van der Waals surface area contributed by atoms with Crippen molar-refractivity contribution in [3.8, 4) is 24.3 Å². The molecule has 5 heteroatoms. The molecule has 5 nitrogen and oxygen atoms in total. The molecule has 0 atom stereocenters. The van der Waals surface area contributed by atoms with E-state index in [0.717, 1.165) is 0 Å². The van der Waals surface area contributed by atoms with Crippen LogP contribution in [0.15, 0.2) is 0 Å². The van der Waals surface area contributed by atoms with Crippen LogP contribution < -0.4 is 0 Å². The molecular formula is C8H4N4O. The van der Waals surface area contributed by atoms with Gasteiger partial charge in [0.1, 0.15) is 24.3 Å². The van der Waals surface area contributed by atoms with Crippen molar-refractivity contribution in [1.82, 2.24) is 0 Å². The molecule has 13 heavy (non-hydrogen) atoms. The van der Waals surface area contributed by atoms with Gasteiger partial charge >= 0.3 is 0 Å². The second kappa shape index (κ2) is 2.76. The highest BCUT2D eigenvalue weighted by Gasteiger charge is 2.51. The van der Waals surface area contributed by atoms with E-state index < -0.39 is 11.2 Å². The van der Waals surface area contributed by atoms with E-state index in [9.17, 15) is 0 Å². The first-order valence-corrected chi connectivity index (χ1v) is 3.51. The molecular weight excluding hydrogens is 168 g/mol. The van der Waals surface area contributed by atoms with Crippen molar-refractivity contribution < 1.29 is 4.74 Å². The van der Waals surface area contributed by atoms with E-state index in [1.807, 2.05) is 0 Å². The van der Waals surface area contributed by atoms with E-state index in [2.05, 4.69) is 0 Å². The molecule has 0 aromatic rings. The van der Waals surface area contributed by atoms with E-state index >= 15 is 0 Å². The Bertz CT molecular complexity index is 320. The zero-order chi connectivity index (χ0) is 9.95. The summed E-state index contributed by atoms with van der Waals surface area (Å²) < 4.78 is 4.89. The highest BCUT2D eigenvalue weighted by molar-refractivity contribution is 5.30. The molecule has 0 radical (unpaired) electrons. The van der Waals surface area contributed by atoms with Gasteiger partial charge in [0.25, 0.3) is 0 Å². The van der Waals surface area contributed by atoms with Gasteiger partial charge in [-0.25, -0.2) is 0 Å². The number of hydrogen-bond acceptors (Lipinski definition) is 5. The third-order valence-electron chi connectivity index (χ3n) is 1.90. The van der Waals surface area contributed by atoms with Crippen LogP contribution in [0.3, 0.4) is 0 Å². The Morgan fingerprint density at radius 2 is 1.08 bits per heavy atom. The molecule has 0 aromatic carbocycles. The maximum absolute atomic E-state index is 8.62. The maximum Gasteiger partial charge on any atom is 0.243 e. The largest absolute Gasteiger partial charge is 0.312 e. The fourth-order valence-corrected chi connectivity index (χ4v) is 1.12. The fraction of sp³-hybridized carbons (Fsp3) is 0.500. The molecule has 0 amide bonds. The van der Waals surface area contributed by atoms with Gasteiger partial charge in [0.05, 0.1) is 0 Å². The average molecular weight is 172 g/mol. The van der Waals surface area contributed by atoms with Gasteiger partial charge in [-0.2, -0.15) is 21.0 Å². The summed E-state index contributed by atoms with van der Waals surface area (Å²) in [5.74, 6) is 0. The quantitative estimate of drug-likeness (QED) is 0.524. The van der Waals surface area contributed by atoms with Crippen molar-refractivity contribution in [1.29, 1.82) is 21.0 Å². The average Bonchev–Trinajstić information content (AvgIpc) is 2.59. The lowest BCUT2D eigenvalue weighted by Gasteiger charge is -2.13. The smallest absolute Gasteiger partial charge is 0.243 e. The minimum atomic E-state index is -1.62. The maximum atomic E-state index is 8.62. The van der Waals surface area contributed by atoms with E-state index in [4.69, 9.17) is 25.8 Å². The van der Waals surface area contributed by atoms with Crippen LogP contribution in [-0.2, 0) is 4.74 Å². The minimum absolute atomic E-state index is 0.0983. The minimum Gasteiger partial charge on any atom is -0.312 e. The molecule has 0 aliphatic carbocycles. The molecule has 0 spiro atoms. The first-order chi connectivity index (χ1) is 6.16. The topological polar surface area (TPSA) is 104 Å². The number of nitriles is 4. The summed E-state index contributed by atoms with van der Waals surface area (Å²) in [7, 11) is 0. The summed E-state index contributed by atoms with van der Waals surface area (Å²) in [6.07, 6.45) is 0.197. The van der Waals surface area contributed by atoms with Crippen LogP contribution in [0, 0.1) is 45.3 Å². The van der Waals surface area contributed by atoms with Crippen molar-refractivity contribution >= 4 is 0 Å². The standard InChI is InChI=1S/C8H4N4O/c9-3-7(4-10)1-2-8(5-11,6-12)13-7/h1-2H2. The Kier molecular flexibility index (Phi) is 1.91. The van der Waals surface area contributed by atoms with E-state index in [1.54, 1.807) is 24.3 Å². The molecule has 1 saturated heterocycles. The van der Waals surface area contributed by atoms with Crippen molar-refractivity contribution in [3.63, 3.8) is 0 Å². The molecule has 1 rings (SSSR count). The molecule has 1 aliphatic rings. The van der Waals surface area contributed by atoms with Gasteiger partial charge in [-0.1, -0.05) is 0 Å². The van der Waals surface area contributed by atoms with Crippen molar-refractivity contribution in [2.75, 3.05) is 0 Å². The van der Waals surface area contributed by atoms with Crippen molar-refractivity contribution in [2.24, 2.45) is 0 Å². The molecule has 0 unspecified atom stereocenters. The second-order valence-electron chi connectivity index (χ2n) is 2.70. The number of ether oxygens (including phenoxy) is 1. The molecule has 0 N–H and O–H groups in total. The highest BCUT2D eigenvalue weighted by atomic mass is 16.5. The van der Waals surface area contributed by atoms with Crippen LogP contribution >= 0.6 is 0 Å². The van der Waals surface area contributed by atoms with Gasteiger partial charge in [-0.05, 0) is 0 Å². The zero-order valence-electron chi connectivity index (χ0n) is 6.61. The molecule has 1 heterocycles. The van der Waals surface area contributed by atoms with Gasteiger partial charge in [0.15, 0.2) is 0 Å². The number of nitrogens with zero attached hydrogens (tertiary/aromatic N) is 4. The van der Waals surface area contributed by atoms with Gasteiger partial charge in [-0.15, -0.1) is 0 Å². The van der Waals surface area contributed by atoms with Crippen LogP contribution in [0.1, 0.15) is 12.8 Å². The van der Waals surface area contributed by atoms with Crippen LogP contribution in [0.5, 0.6) is 0 Å². The first kappa shape index (κ1) is 9.01. The molecule has 0 aromatic heterocycles. The molecule has 0 bridgehead atoms. The first-order valence-electron chi connectivity index (χ1n) is 3.51. The van der Waals surface area contributed by atoms with Gasteiger partial charge in [-0.3, -0.25) is 0 Å². The zero-order valence-corrected chi connectivity index (χ0v) is 6.61. The molecule has 1 fully saturated rings. The van der Waals surface area contributed by atoms with Gasteiger partial charge in [0, 0.05) is 12.8 Å². The Balaban J connectivity index is 3.02. The normalized spacial score (nSPS) is 21.8. The second-order valence-corrected chi connectivity index (χ2v) is 2.70. The number of rotatable bonds is 0. The Morgan fingerprint density at radius 1 is 0.769 bits per heavy atom. The predicted molar refractivity (Wildman–Crippen MR) is 38.2 cm³/mol. The third kappa shape index (κ3) is 1.18. The summed E-state index contributed by atoms with van der Waals surface area (Å²) in [5, 5.41) is 34.5. The van der Waals surface area contributed by atoms with Gasteiger partial charge in [0.2, 0.25) is 11.2 Å². The molecule has 62 valence electrons. The summed E-state index contributed by atoms with van der Waals surface area (Å²) >= 11 is 0. The fourth-order valence-electron chi connectivity index (χ4n) is 1.12. The van der Waals surface area contributed by atoms with Crippen molar-refractivity contribution in [2.45, 2.75) is 24.0 Å².